The van der Waals surface area contributed by atoms with Gasteiger partial charge in [-0.2, -0.15) is 9.10 Å². The minimum absolute atomic E-state index is 0.0438. The van der Waals surface area contributed by atoms with Crippen molar-refractivity contribution in [2.45, 2.75) is 24.5 Å². The molecule has 0 aliphatic heterocycles. The number of ether oxygens (including phenoxy) is 3. The topological polar surface area (TPSA) is 122 Å². The Kier molecular flexibility index (Phi) is 10.3. The minimum atomic E-state index is -4.23. The number of para-hydroxylation sites is 1. The van der Waals surface area contributed by atoms with Crippen LogP contribution in [0, 0.1) is 0 Å². The molecule has 7 aromatic rings. The Hall–Kier alpha value is -5.15. The van der Waals surface area contributed by atoms with E-state index in [4.69, 9.17) is 24.3 Å². The number of methoxy groups -OCH3 is 3. The monoisotopic (exact) mass is 796 g/mol. The highest BCUT2D eigenvalue weighted by atomic mass is 79.9. The van der Waals surface area contributed by atoms with Crippen molar-refractivity contribution in [3.8, 4) is 39.8 Å². The molecule has 0 amide bonds. The number of halogens is 1. The molecule has 0 spiro atoms. The number of tetrazole rings is 1. The van der Waals surface area contributed by atoms with Gasteiger partial charge in [0.25, 0.3) is 0 Å². The molecule has 264 valence electrons. The van der Waals surface area contributed by atoms with Crippen LogP contribution in [0.5, 0.6) is 17.2 Å². The molecule has 0 atom stereocenters. The maximum Gasteiger partial charge on any atom is 0.244 e. The Morgan fingerprint density at radius 2 is 1.25 bits per heavy atom. The van der Waals surface area contributed by atoms with E-state index in [0.717, 1.165) is 38.2 Å². The summed E-state index contributed by atoms with van der Waals surface area (Å²) in [7, 11) is 0.570. The molecule has 7 rings (SSSR count). The Bertz CT molecular complexity index is 2380. The van der Waals surface area contributed by atoms with Gasteiger partial charge in [0.2, 0.25) is 15.8 Å². The van der Waals surface area contributed by atoms with Gasteiger partial charge in [0.1, 0.15) is 17.2 Å². The van der Waals surface area contributed by atoms with Gasteiger partial charge in [0, 0.05) is 18.7 Å². The zero-order valence-electron chi connectivity index (χ0n) is 28.4. The van der Waals surface area contributed by atoms with Crippen LogP contribution >= 0.6 is 27.3 Å². The molecule has 0 bridgehead atoms. The van der Waals surface area contributed by atoms with E-state index in [2.05, 4.69) is 26.2 Å². The highest BCUT2D eigenvalue weighted by Gasteiger charge is 2.32. The van der Waals surface area contributed by atoms with Crippen molar-refractivity contribution in [3.05, 3.63) is 130 Å². The van der Waals surface area contributed by atoms with Crippen molar-refractivity contribution in [1.29, 1.82) is 0 Å². The summed E-state index contributed by atoms with van der Waals surface area (Å²) in [5.41, 5.74) is 4.92. The van der Waals surface area contributed by atoms with Crippen molar-refractivity contribution < 1.29 is 22.6 Å². The van der Waals surface area contributed by atoms with Crippen LogP contribution in [0.4, 0.5) is 0 Å². The number of hydrogen-bond acceptors (Lipinski definition) is 10. The zero-order chi connectivity index (χ0) is 36.2. The first-order chi connectivity index (χ1) is 25.2. The molecule has 2 heterocycles. The molecule has 0 saturated heterocycles. The summed E-state index contributed by atoms with van der Waals surface area (Å²) in [6, 6.07) is 33.3. The van der Waals surface area contributed by atoms with Crippen molar-refractivity contribution in [1.82, 2.24) is 29.5 Å². The second-order valence-electron chi connectivity index (χ2n) is 11.8. The van der Waals surface area contributed by atoms with Gasteiger partial charge in [-0.15, -0.1) is 21.5 Å². The Labute approximate surface area is 313 Å². The smallest absolute Gasteiger partial charge is 0.244 e. The quantitative estimate of drug-likeness (QED) is 0.115. The highest BCUT2D eigenvalue weighted by molar-refractivity contribution is 9.11. The molecule has 0 N–H and O–H groups in total. The number of nitrogens with zero attached hydrogens (tertiary/aromatic N) is 6. The molecule has 0 fully saturated rings. The highest BCUT2D eigenvalue weighted by Crippen LogP contribution is 2.41. The van der Waals surface area contributed by atoms with Crippen LogP contribution in [0.15, 0.2) is 118 Å². The molecule has 14 heteroatoms. The Morgan fingerprint density at radius 1 is 0.712 bits per heavy atom. The van der Waals surface area contributed by atoms with E-state index >= 15 is 8.42 Å². The van der Waals surface area contributed by atoms with Crippen LogP contribution < -0.4 is 14.2 Å². The molecule has 0 saturated carbocycles. The van der Waals surface area contributed by atoms with E-state index in [1.807, 2.05) is 97.1 Å². The van der Waals surface area contributed by atoms with Crippen LogP contribution in [-0.4, -0.2) is 59.2 Å². The summed E-state index contributed by atoms with van der Waals surface area (Å²) in [5.74, 6) is 2.25. The lowest BCUT2D eigenvalue weighted by Crippen LogP contribution is -2.31. The van der Waals surface area contributed by atoms with Crippen molar-refractivity contribution in [2.24, 2.45) is 0 Å². The zero-order valence-corrected chi connectivity index (χ0v) is 31.7. The maximum atomic E-state index is 15.2. The first kappa shape index (κ1) is 35.3. The largest absolute Gasteiger partial charge is 0.497 e. The standard InChI is InChI=1S/C38H33BrN6O5S2/c1-48-28-16-10-25(11-17-28)22-44(23-26-12-18-29(49-2)19-13-26)52(46,47)34-9-5-6-31(32-7-4-8-33-36(32)40-38(39)51-33)35(34)37-41-43-45(42-37)24-27-14-20-30(50-3)21-15-27/h4-21H,22-24H2,1-3H3. The number of hydrogen-bond donors (Lipinski definition) is 0. The average Bonchev–Trinajstić information content (AvgIpc) is 3.80. The molecule has 52 heavy (non-hydrogen) atoms. The van der Waals surface area contributed by atoms with Gasteiger partial charge in [-0.3, -0.25) is 0 Å². The third-order valence-electron chi connectivity index (χ3n) is 8.52. The van der Waals surface area contributed by atoms with Crippen LogP contribution in [0.3, 0.4) is 0 Å². The summed E-state index contributed by atoms with van der Waals surface area (Å²) in [6.07, 6.45) is 0. The third kappa shape index (κ3) is 7.41. The van der Waals surface area contributed by atoms with E-state index in [0.29, 0.717) is 33.1 Å². The molecule has 0 aliphatic rings. The normalized spacial score (nSPS) is 11.6. The molecule has 11 nitrogen and oxygen atoms in total. The number of aromatic nitrogens is 5. The summed E-state index contributed by atoms with van der Waals surface area (Å²) in [5, 5.41) is 13.6. The van der Waals surface area contributed by atoms with E-state index in [9.17, 15) is 0 Å². The van der Waals surface area contributed by atoms with Gasteiger partial charge in [-0.05, 0) is 91.9 Å². The van der Waals surface area contributed by atoms with Crippen LogP contribution in [0.1, 0.15) is 16.7 Å². The number of fused-ring (bicyclic) bond motifs is 1. The van der Waals surface area contributed by atoms with Crippen LogP contribution in [-0.2, 0) is 29.7 Å². The second kappa shape index (κ2) is 15.2. The molecular weight excluding hydrogens is 764 g/mol. The lowest BCUT2D eigenvalue weighted by Gasteiger charge is -2.24. The van der Waals surface area contributed by atoms with Gasteiger partial charge in [-0.25, -0.2) is 13.4 Å². The number of sulfonamides is 1. The summed E-state index contributed by atoms with van der Waals surface area (Å²) in [4.78, 5) is 6.25. The van der Waals surface area contributed by atoms with Crippen LogP contribution in [0.2, 0.25) is 0 Å². The fraction of sp³-hybridized carbons (Fsp3) is 0.158. The number of thiazole rings is 1. The maximum absolute atomic E-state index is 15.2. The molecule has 0 radical (unpaired) electrons. The fourth-order valence-electron chi connectivity index (χ4n) is 5.88. The van der Waals surface area contributed by atoms with Gasteiger partial charge in [0.15, 0.2) is 3.92 Å². The van der Waals surface area contributed by atoms with Crippen molar-refractivity contribution in [2.75, 3.05) is 21.3 Å². The van der Waals surface area contributed by atoms with E-state index < -0.39 is 10.0 Å². The molecule has 0 aliphatic carbocycles. The van der Waals surface area contributed by atoms with Crippen LogP contribution in [0.25, 0.3) is 32.7 Å². The van der Waals surface area contributed by atoms with Gasteiger partial charge < -0.3 is 14.2 Å². The summed E-state index contributed by atoms with van der Waals surface area (Å²) < 4.78 is 49.4. The second-order valence-corrected chi connectivity index (χ2v) is 16.0. The number of rotatable bonds is 13. The third-order valence-corrected chi connectivity index (χ3v) is 11.8. The lowest BCUT2D eigenvalue weighted by atomic mass is 9.98. The summed E-state index contributed by atoms with van der Waals surface area (Å²) >= 11 is 5.03. The first-order valence-corrected chi connectivity index (χ1v) is 19.2. The van der Waals surface area contributed by atoms with Gasteiger partial charge >= 0.3 is 0 Å². The number of benzene rings is 5. The summed E-state index contributed by atoms with van der Waals surface area (Å²) in [6.45, 7) is 0.499. The first-order valence-electron chi connectivity index (χ1n) is 16.1. The molecule has 0 unspecified atom stereocenters. The Balaban J connectivity index is 1.38. The molecular formula is C38H33BrN6O5S2. The van der Waals surface area contributed by atoms with E-state index in [1.54, 1.807) is 33.5 Å². The minimum Gasteiger partial charge on any atom is -0.497 e. The SMILES string of the molecule is COc1ccc(CN(Cc2ccc(OC)cc2)S(=O)(=O)c2cccc(-c3cccc4sc(Br)nc34)c2-c2nnn(Cc3ccc(OC)cc3)n2)cc1. The average molecular weight is 798 g/mol. The van der Waals surface area contributed by atoms with Gasteiger partial charge in [-0.1, -0.05) is 60.7 Å². The fourth-order valence-corrected chi connectivity index (χ4v) is 8.92. The van der Waals surface area contributed by atoms with E-state index in [1.165, 1.54) is 20.4 Å². The van der Waals surface area contributed by atoms with Gasteiger partial charge in [0.05, 0.1) is 48.5 Å². The predicted octanol–water partition coefficient (Wildman–Crippen LogP) is 7.84. The van der Waals surface area contributed by atoms with Crippen molar-refractivity contribution >= 4 is 47.5 Å². The molecule has 5 aromatic carbocycles. The van der Waals surface area contributed by atoms with E-state index in [-0.39, 0.29) is 23.8 Å². The lowest BCUT2D eigenvalue weighted by molar-refractivity contribution is 0.398. The van der Waals surface area contributed by atoms with Crippen molar-refractivity contribution in [3.63, 3.8) is 0 Å². The molecule has 2 aromatic heterocycles. The Morgan fingerprint density at radius 3 is 1.83 bits per heavy atom. The predicted molar refractivity (Wildman–Crippen MR) is 204 cm³/mol.